The average molecular weight is 232 g/mol. The van der Waals surface area contributed by atoms with E-state index in [0.29, 0.717) is 0 Å². The largest absolute Gasteiger partial charge is 0.574 e. The van der Waals surface area contributed by atoms with E-state index in [0.717, 1.165) is 6.20 Å². The second-order valence-electron chi connectivity index (χ2n) is 2.73. The molecule has 1 rings (SSSR count). The van der Waals surface area contributed by atoms with Crippen LogP contribution in [0, 0.1) is 11.3 Å². The predicted octanol–water partition coefficient (Wildman–Crippen LogP) is 0.893. The second kappa shape index (κ2) is 4.24. The lowest BCUT2D eigenvalue weighted by Gasteiger charge is -2.13. The lowest BCUT2D eigenvalue weighted by atomic mass is 10.1. The molecule has 8 heteroatoms. The third kappa shape index (κ3) is 2.52. The highest BCUT2D eigenvalue weighted by Crippen LogP contribution is 2.29. The van der Waals surface area contributed by atoms with Gasteiger partial charge in [0, 0.05) is 6.54 Å². The summed E-state index contributed by atoms with van der Waals surface area (Å²) in [7, 11) is 0. The quantitative estimate of drug-likeness (QED) is 0.789. The van der Waals surface area contributed by atoms with Gasteiger partial charge in [-0.15, -0.1) is 13.2 Å². The van der Waals surface area contributed by atoms with E-state index in [9.17, 15) is 13.2 Å². The van der Waals surface area contributed by atoms with Crippen molar-refractivity contribution in [2.75, 3.05) is 5.73 Å². The molecule has 0 aliphatic heterocycles. The first-order chi connectivity index (χ1) is 7.39. The third-order valence-corrected chi connectivity index (χ3v) is 1.72. The van der Waals surface area contributed by atoms with Gasteiger partial charge in [-0.25, -0.2) is 4.98 Å². The van der Waals surface area contributed by atoms with Crippen LogP contribution in [0.4, 0.5) is 18.9 Å². The van der Waals surface area contributed by atoms with Gasteiger partial charge in [0.15, 0.2) is 0 Å². The lowest BCUT2D eigenvalue weighted by Crippen LogP contribution is -2.20. The van der Waals surface area contributed by atoms with Gasteiger partial charge in [-0.1, -0.05) is 0 Å². The molecule has 4 N–H and O–H groups in total. The van der Waals surface area contributed by atoms with E-state index >= 15 is 0 Å². The van der Waals surface area contributed by atoms with E-state index in [-0.39, 0.29) is 23.4 Å². The maximum atomic E-state index is 12.0. The van der Waals surface area contributed by atoms with Crippen molar-refractivity contribution in [2.24, 2.45) is 5.73 Å². The molecule has 1 aromatic rings. The van der Waals surface area contributed by atoms with Crippen LogP contribution in [-0.2, 0) is 6.54 Å². The van der Waals surface area contributed by atoms with Gasteiger partial charge in [-0.2, -0.15) is 5.26 Å². The molecule has 5 nitrogen and oxygen atoms in total. The van der Waals surface area contributed by atoms with Gasteiger partial charge in [0.25, 0.3) is 0 Å². The van der Waals surface area contributed by atoms with Crippen molar-refractivity contribution in [1.82, 2.24) is 4.98 Å². The van der Waals surface area contributed by atoms with Crippen molar-refractivity contribution in [3.8, 4) is 11.9 Å². The number of nitrogens with two attached hydrogens (primary N) is 2. The van der Waals surface area contributed by atoms with Gasteiger partial charge in [0.05, 0.1) is 23.0 Å². The number of nitrogen functional groups attached to an aromatic ring is 1. The standard InChI is InChI=1S/C8H7F3N4O/c9-8(10,11)16-7-5(2-13)6(14)4(1-12)3-15-7/h3H,2,13H2,(H2,14,15). The molecule has 0 saturated carbocycles. The summed E-state index contributed by atoms with van der Waals surface area (Å²) in [5.74, 6) is -0.730. The Morgan fingerprint density at radius 1 is 1.50 bits per heavy atom. The SMILES string of the molecule is N#Cc1cnc(OC(F)(F)F)c(CN)c1N. The number of anilines is 1. The van der Waals surface area contributed by atoms with E-state index in [4.69, 9.17) is 16.7 Å². The molecule has 0 fully saturated rings. The molecular weight excluding hydrogens is 225 g/mol. The van der Waals surface area contributed by atoms with Crippen LogP contribution < -0.4 is 16.2 Å². The van der Waals surface area contributed by atoms with E-state index in [1.54, 1.807) is 6.07 Å². The van der Waals surface area contributed by atoms with Crippen molar-refractivity contribution in [2.45, 2.75) is 12.9 Å². The van der Waals surface area contributed by atoms with E-state index in [1.807, 2.05) is 0 Å². The Labute approximate surface area is 88.4 Å². The van der Waals surface area contributed by atoms with Crippen molar-refractivity contribution >= 4 is 5.69 Å². The minimum absolute atomic E-state index is 0.0463. The van der Waals surface area contributed by atoms with Gasteiger partial charge in [0.1, 0.15) is 6.07 Å². The molecule has 0 saturated heterocycles. The molecule has 0 unspecified atom stereocenters. The van der Waals surface area contributed by atoms with E-state index < -0.39 is 12.2 Å². The lowest BCUT2D eigenvalue weighted by molar-refractivity contribution is -0.276. The Morgan fingerprint density at radius 3 is 2.56 bits per heavy atom. The van der Waals surface area contributed by atoms with E-state index in [1.165, 1.54) is 0 Å². The third-order valence-electron chi connectivity index (χ3n) is 1.72. The molecule has 0 aliphatic rings. The minimum atomic E-state index is -4.88. The Bertz CT molecular complexity index is 438. The fourth-order valence-electron chi connectivity index (χ4n) is 1.03. The summed E-state index contributed by atoms with van der Waals surface area (Å²) in [5.41, 5.74) is 10.3. The zero-order valence-corrected chi connectivity index (χ0v) is 7.88. The second-order valence-corrected chi connectivity index (χ2v) is 2.73. The van der Waals surface area contributed by atoms with Crippen molar-refractivity contribution in [1.29, 1.82) is 5.26 Å². The molecule has 16 heavy (non-hydrogen) atoms. The van der Waals surface area contributed by atoms with Crippen molar-refractivity contribution in [3.63, 3.8) is 0 Å². The monoisotopic (exact) mass is 232 g/mol. The molecule has 0 aliphatic carbocycles. The van der Waals surface area contributed by atoms with Crippen LogP contribution in [0.3, 0.4) is 0 Å². The fraction of sp³-hybridized carbons (Fsp3) is 0.250. The van der Waals surface area contributed by atoms with Crippen LogP contribution in [0.2, 0.25) is 0 Å². The highest BCUT2D eigenvalue weighted by atomic mass is 19.4. The summed E-state index contributed by atoms with van der Waals surface area (Å²) in [6.45, 7) is -0.306. The predicted molar refractivity (Wildman–Crippen MR) is 47.9 cm³/mol. The highest BCUT2D eigenvalue weighted by molar-refractivity contribution is 5.61. The Hall–Kier alpha value is -2.01. The first kappa shape index (κ1) is 12.1. The molecule has 0 amide bonds. The topological polar surface area (TPSA) is 97.9 Å². The number of alkyl halides is 3. The molecule has 0 spiro atoms. The summed E-state index contributed by atoms with van der Waals surface area (Å²) in [4.78, 5) is 3.34. The number of hydrogen-bond acceptors (Lipinski definition) is 5. The smallest absolute Gasteiger partial charge is 0.397 e. The number of nitrogens with zero attached hydrogens (tertiary/aromatic N) is 2. The Kier molecular flexibility index (Phi) is 3.20. The van der Waals surface area contributed by atoms with Gasteiger partial charge < -0.3 is 16.2 Å². The molecule has 0 bridgehead atoms. The van der Waals surface area contributed by atoms with Crippen LogP contribution in [0.5, 0.6) is 5.88 Å². The Balaban J connectivity index is 3.22. The molecule has 0 radical (unpaired) electrons. The number of rotatable bonds is 2. The highest BCUT2D eigenvalue weighted by Gasteiger charge is 2.33. The Morgan fingerprint density at radius 2 is 2.12 bits per heavy atom. The van der Waals surface area contributed by atoms with Crippen LogP contribution in [0.1, 0.15) is 11.1 Å². The normalized spacial score (nSPS) is 10.9. The van der Waals surface area contributed by atoms with Crippen LogP contribution in [-0.4, -0.2) is 11.3 Å². The van der Waals surface area contributed by atoms with Gasteiger partial charge in [-0.05, 0) is 0 Å². The number of pyridine rings is 1. The average Bonchev–Trinajstić information content (AvgIpc) is 2.16. The zero-order chi connectivity index (χ0) is 12.3. The fourth-order valence-corrected chi connectivity index (χ4v) is 1.03. The molecule has 0 aromatic carbocycles. The number of halogens is 3. The van der Waals surface area contributed by atoms with Gasteiger partial charge in [-0.3, -0.25) is 0 Å². The van der Waals surface area contributed by atoms with Crippen LogP contribution >= 0.6 is 0 Å². The molecular formula is C8H7F3N4O. The molecule has 86 valence electrons. The van der Waals surface area contributed by atoms with E-state index in [2.05, 4.69) is 9.72 Å². The minimum Gasteiger partial charge on any atom is -0.397 e. The summed E-state index contributed by atoms with van der Waals surface area (Å²) < 4.78 is 39.5. The van der Waals surface area contributed by atoms with Crippen molar-refractivity contribution in [3.05, 3.63) is 17.3 Å². The van der Waals surface area contributed by atoms with Crippen molar-refractivity contribution < 1.29 is 17.9 Å². The molecule has 0 atom stereocenters. The maximum Gasteiger partial charge on any atom is 0.574 e. The summed E-state index contributed by atoms with van der Waals surface area (Å²) >= 11 is 0. The first-order valence-electron chi connectivity index (χ1n) is 4.02. The number of aromatic nitrogens is 1. The summed E-state index contributed by atoms with van der Waals surface area (Å²) in [6, 6.07) is 1.68. The summed E-state index contributed by atoms with van der Waals surface area (Å²) in [6.07, 6.45) is -3.98. The molecule has 1 heterocycles. The number of hydrogen-bond donors (Lipinski definition) is 2. The first-order valence-corrected chi connectivity index (χ1v) is 4.02. The van der Waals surface area contributed by atoms with Crippen LogP contribution in [0.25, 0.3) is 0 Å². The molecule has 1 aromatic heterocycles. The van der Waals surface area contributed by atoms with Gasteiger partial charge >= 0.3 is 6.36 Å². The van der Waals surface area contributed by atoms with Crippen LogP contribution in [0.15, 0.2) is 6.20 Å². The maximum absolute atomic E-state index is 12.0. The number of nitriles is 1. The zero-order valence-electron chi connectivity index (χ0n) is 7.88. The number of ether oxygens (including phenoxy) is 1. The summed E-state index contributed by atoms with van der Waals surface area (Å²) in [5, 5.41) is 8.59. The van der Waals surface area contributed by atoms with Gasteiger partial charge in [0.2, 0.25) is 5.88 Å².